The molecule has 1 saturated heterocycles. The molecule has 1 aliphatic heterocycles. The quantitative estimate of drug-likeness (QED) is 0.941. The highest BCUT2D eigenvalue weighted by Crippen LogP contribution is 2.23. The monoisotopic (exact) mass is 313 g/mol. The van der Waals surface area contributed by atoms with E-state index in [0.717, 1.165) is 37.9 Å². The molecule has 122 valence electrons. The first-order valence-corrected chi connectivity index (χ1v) is 8.07. The Kier molecular flexibility index (Phi) is 4.71. The van der Waals surface area contributed by atoms with Gasteiger partial charge in [-0.1, -0.05) is 18.2 Å². The van der Waals surface area contributed by atoms with Gasteiger partial charge in [0.05, 0.1) is 5.56 Å². The molecule has 0 saturated carbocycles. The fourth-order valence-corrected chi connectivity index (χ4v) is 3.18. The number of aromatic nitrogens is 3. The van der Waals surface area contributed by atoms with Crippen molar-refractivity contribution in [2.45, 2.75) is 25.3 Å². The van der Waals surface area contributed by atoms with Crippen LogP contribution in [0.5, 0.6) is 0 Å². The van der Waals surface area contributed by atoms with Crippen molar-refractivity contribution < 1.29 is 4.79 Å². The molecule has 0 spiro atoms. The Morgan fingerprint density at radius 1 is 1.26 bits per heavy atom. The first-order valence-electron chi connectivity index (χ1n) is 8.07. The number of carbonyl (C=O) groups excluding carboxylic acids is 1. The molecule has 1 amide bonds. The van der Waals surface area contributed by atoms with Gasteiger partial charge in [-0.2, -0.15) is 5.10 Å². The smallest absolute Gasteiger partial charge is 0.254 e. The van der Waals surface area contributed by atoms with Gasteiger partial charge in [-0.3, -0.25) is 9.89 Å². The summed E-state index contributed by atoms with van der Waals surface area (Å²) in [6, 6.07) is 8.15. The number of nitrogens with one attached hydrogen (secondary N) is 1. The van der Waals surface area contributed by atoms with Gasteiger partial charge >= 0.3 is 0 Å². The molecule has 1 unspecified atom stereocenters. The van der Waals surface area contributed by atoms with Crippen molar-refractivity contribution in [3.63, 3.8) is 0 Å². The normalized spacial score (nSPS) is 18.9. The van der Waals surface area contributed by atoms with E-state index in [4.69, 9.17) is 0 Å². The minimum Gasteiger partial charge on any atom is -0.339 e. The second-order valence-corrected chi connectivity index (χ2v) is 6.22. The number of hydrogen-bond acceptors (Lipinski definition) is 4. The largest absolute Gasteiger partial charge is 0.339 e. The fraction of sp³-hybridized carbons (Fsp3) is 0.471. The molecule has 0 radical (unpaired) electrons. The van der Waals surface area contributed by atoms with E-state index >= 15 is 0 Å². The fourth-order valence-electron chi connectivity index (χ4n) is 3.18. The number of carbonyl (C=O) groups is 1. The molecule has 2 aromatic rings. The van der Waals surface area contributed by atoms with E-state index in [-0.39, 0.29) is 5.91 Å². The van der Waals surface area contributed by atoms with E-state index < -0.39 is 0 Å². The van der Waals surface area contributed by atoms with Gasteiger partial charge in [-0.15, -0.1) is 0 Å². The van der Waals surface area contributed by atoms with Crippen molar-refractivity contribution in [2.24, 2.45) is 0 Å². The number of benzene rings is 1. The Morgan fingerprint density at radius 3 is 2.83 bits per heavy atom. The summed E-state index contributed by atoms with van der Waals surface area (Å²) in [6.45, 7) is 1.61. The van der Waals surface area contributed by atoms with Crippen molar-refractivity contribution in [2.75, 3.05) is 27.2 Å². The second-order valence-electron chi connectivity index (χ2n) is 6.22. The topological polar surface area (TPSA) is 65.1 Å². The van der Waals surface area contributed by atoms with Gasteiger partial charge in [-0.25, -0.2) is 4.98 Å². The molecule has 3 rings (SSSR count). The van der Waals surface area contributed by atoms with Crippen LogP contribution >= 0.6 is 0 Å². The van der Waals surface area contributed by atoms with Crippen molar-refractivity contribution in [1.29, 1.82) is 0 Å². The van der Waals surface area contributed by atoms with Crippen LogP contribution in [-0.2, 0) is 0 Å². The summed E-state index contributed by atoms with van der Waals surface area (Å²) >= 11 is 0. The van der Waals surface area contributed by atoms with Crippen LogP contribution in [0.25, 0.3) is 11.4 Å². The minimum atomic E-state index is 0.0800. The lowest BCUT2D eigenvalue weighted by molar-refractivity contribution is 0.0759. The number of rotatable bonds is 3. The Balaban J connectivity index is 1.81. The average Bonchev–Trinajstić information content (AvgIpc) is 2.98. The third kappa shape index (κ3) is 3.42. The van der Waals surface area contributed by atoms with E-state index in [0.29, 0.717) is 17.4 Å². The SMILES string of the molecule is CN(C)C1CCCN(C(=O)c2ccccc2-c2ncn[nH]2)CC1. The Bertz CT molecular complexity index is 653. The highest BCUT2D eigenvalue weighted by molar-refractivity contribution is 6.00. The third-order valence-corrected chi connectivity index (χ3v) is 4.54. The van der Waals surface area contributed by atoms with E-state index in [1.807, 2.05) is 29.2 Å². The van der Waals surface area contributed by atoms with E-state index in [1.165, 1.54) is 6.33 Å². The third-order valence-electron chi connectivity index (χ3n) is 4.54. The van der Waals surface area contributed by atoms with Gasteiger partial charge < -0.3 is 9.80 Å². The summed E-state index contributed by atoms with van der Waals surface area (Å²) in [5.41, 5.74) is 1.50. The highest BCUT2D eigenvalue weighted by atomic mass is 16.2. The van der Waals surface area contributed by atoms with Crippen molar-refractivity contribution in [3.8, 4) is 11.4 Å². The first kappa shape index (κ1) is 15.7. The van der Waals surface area contributed by atoms with Gasteiger partial charge in [0.15, 0.2) is 5.82 Å². The zero-order valence-corrected chi connectivity index (χ0v) is 13.7. The molecule has 1 aromatic heterocycles. The lowest BCUT2D eigenvalue weighted by Crippen LogP contribution is -2.34. The molecule has 1 atom stereocenters. The summed E-state index contributed by atoms with van der Waals surface area (Å²) in [7, 11) is 4.22. The van der Waals surface area contributed by atoms with Gasteiger partial charge in [0.25, 0.3) is 5.91 Å². The maximum Gasteiger partial charge on any atom is 0.254 e. The van der Waals surface area contributed by atoms with E-state index in [9.17, 15) is 4.79 Å². The van der Waals surface area contributed by atoms with Gasteiger partial charge in [0.1, 0.15) is 6.33 Å². The molecular formula is C17H23N5O. The van der Waals surface area contributed by atoms with Crippen LogP contribution in [0.4, 0.5) is 0 Å². The molecule has 6 heteroatoms. The molecule has 1 fully saturated rings. The first-order chi connectivity index (χ1) is 11.2. The van der Waals surface area contributed by atoms with Crippen LogP contribution in [0.2, 0.25) is 0 Å². The van der Waals surface area contributed by atoms with E-state index in [2.05, 4.69) is 34.2 Å². The van der Waals surface area contributed by atoms with Crippen LogP contribution in [0.1, 0.15) is 29.6 Å². The minimum absolute atomic E-state index is 0.0800. The molecule has 2 heterocycles. The standard InChI is InChI=1S/C17H23N5O/c1-21(2)13-6-5-10-22(11-9-13)17(23)15-8-4-3-7-14(15)16-18-12-19-20-16/h3-4,7-8,12-13H,5-6,9-11H2,1-2H3,(H,18,19,20). The van der Waals surface area contributed by atoms with Crippen LogP contribution < -0.4 is 0 Å². The predicted octanol–water partition coefficient (Wildman–Crippen LogP) is 2.03. The van der Waals surface area contributed by atoms with Gasteiger partial charge in [0.2, 0.25) is 0 Å². The summed E-state index contributed by atoms with van der Waals surface area (Å²) in [5.74, 6) is 0.714. The van der Waals surface area contributed by atoms with Gasteiger partial charge in [0, 0.05) is 24.7 Å². The molecule has 0 bridgehead atoms. The van der Waals surface area contributed by atoms with Crippen molar-refractivity contribution in [3.05, 3.63) is 36.2 Å². The van der Waals surface area contributed by atoms with E-state index in [1.54, 1.807) is 0 Å². The zero-order chi connectivity index (χ0) is 16.2. The van der Waals surface area contributed by atoms with Crippen LogP contribution in [0, 0.1) is 0 Å². The Labute approximate surface area is 136 Å². The van der Waals surface area contributed by atoms with Crippen LogP contribution in [0.3, 0.4) is 0 Å². The molecule has 1 N–H and O–H groups in total. The van der Waals surface area contributed by atoms with Crippen molar-refractivity contribution >= 4 is 5.91 Å². The second kappa shape index (κ2) is 6.91. The molecular weight excluding hydrogens is 290 g/mol. The molecule has 23 heavy (non-hydrogen) atoms. The number of H-pyrrole nitrogens is 1. The molecule has 1 aromatic carbocycles. The Morgan fingerprint density at radius 2 is 2.09 bits per heavy atom. The molecule has 6 nitrogen and oxygen atoms in total. The summed E-state index contributed by atoms with van der Waals surface area (Å²) in [5, 5.41) is 6.74. The zero-order valence-electron chi connectivity index (χ0n) is 13.7. The molecule has 0 aliphatic carbocycles. The average molecular weight is 313 g/mol. The summed E-state index contributed by atoms with van der Waals surface area (Å²) in [4.78, 5) is 21.4. The van der Waals surface area contributed by atoms with Crippen LogP contribution in [-0.4, -0.2) is 64.1 Å². The predicted molar refractivity (Wildman–Crippen MR) is 89.0 cm³/mol. The summed E-state index contributed by atoms with van der Waals surface area (Å²) < 4.78 is 0. The lowest BCUT2D eigenvalue weighted by Gasteiger charge is -2.24. The van der Waals surface area contributed by atoms with Crippen molar-refractivity contribution in [1.82, 2.24) is 25.0 Å². The molecule has 1 aliphatic rings. The summed E-state index contributed by atoms with van der Waals surface area (Å²) in [6.07, 6.45) is 4.66. The number of likely N-dealkylation sites (tertiary alicyclic amines) is 1. The maximum absolute atomic E-state index is 13.0. The number of amides is 1. The van der Waals surface area contributed by atoms with Gasteiger partial charge in [-0.05, 0) is 39.4 Å². The highest BCUT2D eigenvalue weighted by Gasteiger charge is 2.24. The van der Waals surface area contributed by atoms with Crippen LogP contribution in [0.15, 0.2) is 30.6 Å². The number of hydrogen-bond donors (Lipinski definition) is 1. The Hall–Kier alpha value is -2.21. The maximum atomic E-state index is 13.0. The number of nitrogens with zero attached hydrogens (tertiary/aromatic N) is 4. The lowest BCUT2D eigenvalue weighted by atomic mass is 10.1. The number of aromatic amines is 1.